The van der Waals surface area contributed by atoms with Crippen molar-refractivity contribution >= 4 is 17.6 Å². The Morgan fingerprint density at radius 2 is 1.96 bits per heavy atom. The minimum atomic E-state index is -0.836. The molecule has 1 amide bonds. The molecule has 2 rings (SSSR count). The molecule has 1 heterocycles. The Labute approximate surface area is 141 Å². The van der Waals surface area contributed by atoms with E-state index < -0.39 is 11.7 Å². The zero-order chi connectivity index (χ0) is 17.7. The molecule has 1 N–H and O–H groups in total. The Bertz CT molecular complexity index is 686. The normalized spacial score (nSPS) is 16.2. The summed E-state index contributed by atoms with van der Waals surface area (Å²) in [5.41, 5.74) is 0.513. The summed E-state index contributed by atoms with van der Waals surface area (Å²) in [7, 11) is 1.57. The number of amides is 1. The van der Waals surface area contributed by atoms with Gasteiger partial charge in [-0.05, 0) is 56.7 Å². The lowest BCUT2D eigenvalue weighted by molar-refractivity contribution is -0.126. The Balaban J connectivity index is 1.83. The third kappa shape index (κ3) is 4.38. The van der Waals surface area contributed by atoms with Crippen LogP contribution in [0.15, 0.2) is 47.7 Å². The highest BCUT2D eigenvalue weighted by molar-refractivity contribution is 5.99. The van der Waals surface area contributed by atoms with Crippen LogP contribution in [0.1, 0.15) is 20.8 Å². The van der Waals surface area contributed by atoms with Gasteiger partial charge >= 0.3 is 6.09 Å². The first-order valence-electron chi connectivity index (χ1n) is 7.52. The fourth-order valence-electron chi connectivity index (χ4n) is 2.01. The molecule has 0 saturated carbocycles. The summed E-state index contributed by atoms with van der Waals surface area (Å²) in [6.07, 6.45) is 2.58. The second kappa shape index (κ2) is 7.21. The number of allylic oxidation sites excluding steroid dienone is 1. The van der Waals surface area contributed by atoms with E-state index in [0.29, 0.717) is 17.2 Å². The number of carbonyl (C=O) groups is 2. The van der Waals surface area contributed by atoms with E-state index in [1.807, 2.05) is 0 Å². The van der Waals surface area contributed by atoms with Gasteiger partial charge in [0.25, 0.3) is 0 Å². The molecule has 0 fully saturated rings. The van der Waals surface area contributed by atoms with Crippen LogP contribution in [0.5, 0.6) is 5.75 Å². The van der Waals surface area contributed by atoms with Crippen molar-refractivity contribution in [2.45, 2.75) is 26.4 Å². The van der Waals surface area contributed by atoms with Crippen LogP contribution in [0.25, 0.3) is 0 Å². The van der Waals surface area contributed by atoms with Crippen molar-refractivity contribution in [3.05, 3.63) is 47.7 Å². The Morgan fingerprint density at radius 3 is 2.50 bits per heavy atom. The first-order chi connectivity index (χ1) is 11.3. The van der Waals surface area contributed by atoms with Crippen molar-refractivity contribution in [2.75, 3.05) is 19.0 Å². The third-order valence-corrected chi connectivity index (χ3v) is 3.55. The maximum absolute atomic E-state index is 11.7. The van der Waals surface area contributed by atoms with Crippen molar-refractivity contribution in [3.63, 3.8) is 0 Å². The van der Waals surface area contributed by atoms with Crippen molar-refractivity contribution in [3.8, 4) is 5.75 Å². The number of anilines is 1. The lowest BCUT2D eigenvalue weighted by Gasteiger charge is -2.18. The minimum absolute atomic E-state index is 0.0726. The van der Waals surface area contributed by atoms with Crippen LogP contribution in [0.2, 0.25) is 0 Å². The summed E-state index contributed by atoms with van der Waals surface area (Å²) in [6.45, 7) is 5.30. The molecule has 0 aliphatic carbocycles. The van der Waals surface area contributed by atoms with Gasteiger partial charge in [-0.15, -0.1) is 0 Å². The van der Waals surface area contributed by atoms with Gasteiger partial charge in [-0.2, -0.15) is 0 Å². The van der Waals surface area contributed by atoms with Gasteiger partial charge in [0.05, 0.1) is 7.11 Å². The zero-order valence-electron chi connectivity index (χ0n) is 14.2. The quantitative estimate of drug-likeness (QED) is 0.894. The molecule has 0 aromatic heterocycles. The monoisotopic (exact) mass is 331 g/mol. The summed E-state index contributed by atoms with van der Waals surface area (Å²) in [4.78, 5) is 23.4. The molecule has 1 aromatic rings. The molecule has 1 aliphatic heterocycles. The fourth-order valence-corrected chi connectivity index (χ4v) is 2.01. The zero-order valence-corrected chi connectivity index (χ0v) is 14.2. The molecule has 0 atom stereocenters. The van der Waals surface area contributed by atoms with E-state index in [1.165, 1.54) is 6.08 Å². The second-order valence-electron chi connectivity index (χ2n) is 5.82. The van der Waals surface area contributed by atoms with Crippen LogP contribution in [-0.2, 0) is 14.3 Å². The van der Waals surface area contributed by atoms with Crippen LogP contribution >= 0.6 is 0 Å². The summed E-state index contributed by atoms with van der Waals surface area (Å²) in [6, 6.07) is 6.91. The van der Waals surface area contributed by atoms with Crippen LogP contribution in [0.4, 0.5) is 10.5 Å². The summed E-state index contributed by atoms with van der Waals surface area (Å²) < 4.78 is 15.7. The van der Waals surface area contributed by atoms with Gasteiger partial charge in [-0.1, -0.05) is 0 Å². The average molecular weight is 331 g/mol. The molecule has 0 spiro atoms. The Hall–Kier alpha value is -2.76. The van der Waals surface area contributed by atoms with Crippen LogP contribution in [0, 0.1) is 0 Å². The molecule has 0 radical (unpaired) electrons. The standard InChI is InChI=1S/C18H21NO5/c1-12(15-11-16(20)18(2,3)24-15)9-10-23-17(21)19-13-5-7-14(22-4)8-6-13/h5-9,11H,10H2,1-4H3,(H,19,21)/b12-9+. The van der Waals surface area contributed by atoms with Crippen molar-refractivity contribution in [2.24, 2.45) is 0 Å². The second-order valence-corrected chi connectivity index (χ2v) is 5.82. The van der Waals surface area contributed by atoms with E-state index in [2.05, 4.69) is 5.32 Å². The van der Waals surface area contributed by atoms with E-state index in [4.69, 9.17) is 14.2 Å². The highest BCUT2D eigenvalue weighted by Crippen LogP contribution is 2.28. The molecule has 0 unspecified atom stereocenters. The molecular weight excluding hydrogens is 310 g/mol. The molecular formula is C18H21NO5. The number of nitrogens with one attached hydrogen (secondary N) is 1. The Kier molecular flexibility index (Phi) is 5.28. The number of methoxy groups -OCH3 is 1. The molecule has 6 nitrogen and oxygen atoms in total. The molecule has 0 saturated heterocycles. The predicted molar refractivity (Wildman–Crippen MR) is 90.0 cm³/mol. The number of rotatable bonds is 5. The van der Waals surface area contributed by atoms with Gasteiger partial charge in [-0.25, -0.2) is 4.79 Å². The smallest absolute Gasteiger partial charge is 0.411 e. The topological polar surface area (TPSA) is 73.9 Å². The van der Waals surface area contributed by atoms with E-state index in [1.54, 1.807) is 58.2 Å². The highest BCUT2D eigenvalue weighted by atomic mass is 16.5. The average Bonchev–Trinajstić information content (AvgIpc) is 2.81. The van der Waals surface area contributed by atoms with E-state index in [0.717, 1.165) is 5.57 Å². The first kappa shape index (κ1) is 17.6. The first-order valence-corrected chi connectivity index (χ1v) is 7.52. The third-order valence-electron chi connectivity index (χ3n) is 3.55. The summed E-state index contributed by atoms with van der Waals surface area (Å²) in [5.74, 6) is 1.13. The summed E-state index contributed by atoms with van der Waals surface area (Å²) in [5, 5.41) is 2.61. The number of hydrogen-bond donors (Lipinski definition) is 1. The van der Waals surface area contributed by atoms with E-state index >= 15 is 0 Å². The number of benzene rings is 1. The van der Waals surface area contributed by atoms with Crippen LogP contribution < -0.4 is 10.1 Å². The lowest BCUT2D eigenvalue weighted by atomic mass is 10.1. The van der Waals surface area contributed by atoms with Gasteiger partial charge in [0.2, 0.25) is 5.78 Å². The maximum atomic E-state index is 11.7. The van der Waals surface area contributed by atoms with E-state index in [9.17, 15) is 9.59 Å². The van der Waals surface area contributed by atoms with Crippen molar-refractivity contribution in [1.82, 2.24) is 0 Å². The fraction of sp³-hybridized carbons (Fsp3) is 0.333. The predicted octanol–water partition coefficient (Wildman–Crippen LogP) is 3.45. The van der Waals surface area contributed by atoms with Gasteiger partial charge in [0.15, 0.2) is 5.60 Å². The van der Waals surface area contributed by atoms with Gasteiger partial charge in [-0.3, -0.25) is 10.1 Å². The molecule has 24 heavy (non-hydrogen) atoms. The minimum Gasteiger partial charge on any atom is -0.497 e. The van der Waals surface area contributed by atoms with Crippen molar-refractivity contribution < 1.29 is 23.8 Å². The highest BCUT2D eigenvalue weighted by Gasteiger charge is 2.35. The molecule has 1 aromatic carbocycles. The van der Waals surface area contributed by atoms with Crippen LogP contribution in [0.3, 0.4) is 0 Å². The molecule has 1 aliphatic rings. The van der Waals surface area contributed by atoms with E-state index in [-0.39, 0.29) is 12.4 Å². The number of hydrogen-bond acceptors (Lipinski definition) is 5. The Morgan fingerprint density at radius 1 is 1.29 bits per heavy atom. The summed E-state index contributed by atoms with van der Waals surface area (Å²) >= 11 is 0. The number of ketones is 1. The molecule has 0 bridgehead atoms. The van der Waals surface area contributed by atoms with Gasteiger partial charge in [0.1, 0.15) is 18.1 Å². The number of ether oxygens (including phenoxy) is 3. The van der Waals surface area contributed by atoms with Gasteiger partial charge < -0.3 is 14.2 Å². The van der Waals surface area contributed by atoms with Crippen LogP contribution in [-0.4, -0.2) is 31.2 Å². The molecule has 128 valence electrons. The van der Waals surface area contributed by atoms with Gasteiger partial charge in [0, 0.05) is 11.8 Å². The van der Waals surface area contributed by atoms with Crippen molar-refractivity contribution in [1.29, 1.82) is 0 Å². The maximum Gasteiger partial charge on any atom is 0.411 e. The SMILES string of the molecule is COc1ccc(NC(=O)OC/C=C(\C)C2=CC(=O)C(C)(C)O2)cc1. The lowest BCUT2D eigenvalue weighted by Crippen LogP contribution is -2.27. The molecule has 6 heteroatoms. The largest absolute Gasteiger partial charge is 0.497 e. The number of carbonyl (C=O) groups excluding carboxylic acids is 2.